The van der Waals surface area contributed by atoms with Gasteiger partial charge in [0.05, 0.1) is 0 Å². The molecule has 1 fully saturated rings. The Hall–Kier alpha value is -2.60. The van der Waals surface area contributed by atoms with Crippen molar-refractivity contribution >= 4 is 17.7 Å². The summed E-state index contributed by atoms with van der Waals surface area (Å²) in [5.41, 5.74) is 3.01. The van der Waals surface area contributed by atoms with Crippen molar-refractivity contribution in [1.29, 1.82) is 0 Å². The molecule has 1 saturated heterocycles. The summed E-state index contributed by atoms with van der Waals surface area (Å²) in [5, 5.41) is 8.38. The Labute approximate surface area is 169 Å². The number of carbonyl (C=O) groups excluding carboxylic acids is 1. The van der Waals surface area contributed by atoms with Crippen molar-refractivity contribution in [3.05, 3.63) is 65.7 Å². The molecule has 0 saturated carbocycles. The molecule has 4 rings (SSSR count). The van der Waals surface area contributed by atoms with E-state index in [0.29, 0.717) is 11.1 Å². The van der Waals surface area contributed by atoms with E-state index < -0.39 is 0 Å². The summed E-state index contributed by atoms with van der Waals surface area (Å²) in [5.74, 6) is 0.589. The van der Waals surface area contributed by atoms with Gasteiger partial charge >= 0.3 is 0 Å². The molecule has 1 atom stereocenters. The van der Waals surface area contributed by atoms with Crippen LogP contribution in [0.2, 0.25) is 0 Å². The maximum atomic E-state index is 13.2. The summed E-state index contributed by atoms with van der Waals surface area (Å²) in [6, 6.07) is 17.8. The predicted molar refractivity (Wildman–Crippen MR) is 110 cm³/mol. The Bertz CT molecular complexity index is 918. The van der Waals surface area contributed by atoms with Crippen LogP contribution in [0.4, 0.5) is 0 Å². The van der Waals surface area contributed by atoms with Gasteiger partial charge in [0.25, 0.3) is 5.22 Å². The third-order valence-electron chi connectivity index (χ3n) is 4.92. The summed E-state index contributed by atoms with van der Waals surface area (Å²) in [4.78, 5) is 15.2. The van der Waals surface area contributed by atoms with E-state index in [2.05, 4.69) is 10.2 Å². The molecule has 2 heterocycles. The fourth-order valence-corrected chi connectivity index (χ4v) is 4.30. The zero-order valence-electron chi connectivity index (χ0n) is 15.9. The molecule has 0 aliphatic carbocycles. The van der Waals surface area contributed by atoms with Crippen LogP contribution in [0.25, 0.3) is 11.5 Å². The van der Waals surface area contributed by atoms with E-state index in [1.165, 1.54) is 23.7 Å². The molecule has 1 aliphatic rings. The number of carbonyl (C=O) groups is 1. The number of benzene rings is 2. The van der Waals surface area contributed by atoms with E-state index in [1.807, 2.05) is 66.4 Å². The Morgan fingerprint density at radius 3 is 2.43 bits per heavy atom. The number of aryl methyl sites for hydroxylation is 1. The molecule has 0 bridgehead atoms. The number of nitrogens with zero attached hydrogens (tertiary/aromatic N) is 3. The number of hydrogen-bond acceptors (Lipinski definition) is 5. The van der Waals surface area contributed by atoms with Crippen LogP contribution in [0.1, 0.15) is 35.6 Å². The lowest BCUT2D eigenvalue weighted by atomic mass is 10.1. The summed E-state index contributed by atoms with van der Waals surface area (Å²) in [6.45, 7) is 3.68. The van der Waals surface area contributed by atoms with E-state index in [0.717, 1.165) is 37.1 Å². The molecule has 2 aromatic carbocycles. The van der Waals surface area contributed by atoms with E-state index in [-0.39, 0.29) is 11.2 Å². The summed E-state index contributed by atoms with van der Waals surface area (Å²) < 4.78 is 5.87. The third-order valence-corrected chi connectivity index (χ3v) is 5.99. The smallest absolute Gasteiger partial charge is 0.277 e. The lowest BCUT2D eigenvalue weighted by Gasteiger charge is -2.29. The minimum absolute atomic E-state index is 0.117. The van der Waals surface area contributed by atoms with Crippen molar-refractivity contribution in [2.24, 2.45) is 0 Å². The minimum Gasteiger partial charge on any atom is -0.411 e. The number of hydrogen-bond donors (Lipinski definition) is 0. The van der Waals surface area contributed by atoms with Crippen molar-refractivity contribution in [3.63, 3.8) is 0 Å². The van der Waals surface area contributed by atoms with E-state index in [9.17, 15) is 4.79 Å². The van der Waals surface area contributed by atoms with Gasteiger partial charge in [-0.1, -0.05) is 48.0 Å². The summed E-state index contributed by atoms with van der Waals surface area (Å²) >= 11 is 1.33. The lowest BCUT2D eigenvalue weighted by molar-refractivity contribution is -0.131. The maximum absolute atomic E-state index is 13.2. The van der Waals surface area contributed by atoms with Gasteiger partial charge in [-0.3, -0.25) is 4.79 Å². The van der Waals surface area contributed by atoms with Gasteiger partial charge in [0.2, 0.25) is 11.8 Å². The molecular formula is C22H23N3O2S. The fourth-order valence-electron chi connectivity index (χ4n) is 3.34. The Morgan fingerprint density at radius 1 is 1.00 bits per heavy atom. The van der Waals surface area contributed by atoms with Crippen molar-refractivity contribution < 1.29 is 9.21 Å². The summed E-state index contributed by atoms with van der Waals surface area (Å²) in [7, 11) is 0. The van der Waals surface area contributed by atoms with Crippen LogP contribution >= 0.6 is 11.8 Å². The first kappa shape index (κ1) is 18.7. The minimum atomic E-state index is -0.384. The van der Waals surface area contributed by atoms with Crippen LogP contribution in [-0.2, 0) is 4.79 Å². The standard InChI is InChI=1S/C22H23N3O2S/c1-16-10-12-18(13-11-16)20-23-24-22(27-20)28-19(17-8-4-2-5-9-17)21(26)25-14-6-3-7-15-25/h2,4-5,8-13,19H,3,6-7,14-15H2,1H3/t19-/m0/s1. The number of thioether (sulfide) groups is 1. The fraction of sp³-hybridized carbons (Fsp3) is 0.318. The van der Waals surface area contributed by atoms with Gasteiger partial charge in [0.15, 0.2) is 0 Å². The zero-order chi connectivity index (χ0) is 19.3. The normalized spacial score (nSPS) is 15.4. The average Bonchev–Trinajstić information content (AvgIpc) is 3.22. The molecule has 5 nitrogen and oxygen atoms in total. The van der Waals surface area contributed by atoms with Gasteiger partial charge in [0, 0.05) is 18.7 Å². The average molecular weight is 394 g/mol. The van der Waals surface area contributed by atoms with Crippen LogP contribution < -0.4 is 0 Å². The van der Waals surface area contributed by atoms with Crippen LogP contribution in [-0.4, -0.2) is 34.1 Å². The molecule has 0 N–H and O–H groups in total. The largest absolute Gasteiger partial charge is 0.411 e. The van der Waals surface area contributed by atoms with Crippen LogP contribution in [0.3, 0.4) is 0 Å². The molecule has 0 radical (unpaired) electrons. The highest BCUT2D eigenvalue weighted by molar-refractivity contribution is 8.00. The third kappa shape index (κ3) is 4.28. The van der Waals surface area contributed by atoms with Crippen LogP contribution in [0, 0.1) is 6.92 Å². The molecule has 6 heteroatoms. The van der Waals surface area contributed by atoms with Crippen LogP contribution in [0.5, 0.6) is 0 Å². The van der Waals surface area contributed by atoms with Gasteiger partial charge in [-0.25, -0.2) is 0 Å². The van der Waals surface area contributed by atoms with Gasteiger partial charge in [-0.2, -0.15) is 0 Å². The zero-order valence-corrected chi connectivity index (χ0v) is 16.7. The first-order chi connectivity index (χ1) is 13.7. The highest BCUT2D eigenvalue weighted by atomic mass is 32.2. The van der Waals surface area contributed by atoms with Crippen molar-refractivity contribution in [2.45, 2.75) is 36.7 Å². The molecule has 1 amide bonds. The molecular weight excluding hydrogens is 370 g/mol. The lowest BCUT2D eigenvalue weighted by Crippen LogP contribution is -2.38. The molecule has 1 aromatic heterocycles. The second kappa shape index (κ2) is 8.61. The second-order valence-electron chi connectivity index (χ2n) is 7.03. The highest BCUT2D eigenvalue weighted by Gasteiger charge is 2.29. The number of piperidine rings is 1. The van der Waals surface area contributed by atoms with Crippen molar-refractivity contribution in [2.75, 3.05) is 13.1 Å². The molecule has 144 valence electrons. The highest BCUT2D eigenvalue weighted by Crippen LogP contribution is 2.37. The quantitative estimate of drug-likeness (QED) is 0.578. The van der Waals surface area contributed by atoms with Gasteiger partial charge in [0.1, 0.15) is 5.25 Å². The molecule has 1 aliphatic heterocycles. The Kier molecular flexibility index (Phi) is 5.76. The molecule has 28 heavy (non-hydrogen) atoms. The van der Waals surface area contributed by atoms with E-state index in [1.54, 1.807) is 0 Å². The number of rotatable bonds is 5. The van der Waals surface area contributed by atoms with E-state index in [4.69, 9.17) is 4.42 Å². The second-order valence-corrected chi connectivity index (χ2v) is 8.09. The predicted octanol–water partition coefficient (Wildman–Crippen LogP) is 4.89. The van der Waals surface area contributed by atoms with Gasteiger partial charge < -0.3 is 9.32 Å². The molecule has 0 unspecified atom stereocenters. The number of amides is 1. The number of aromatic nitrogens is 2. The van der Waals surface area contributed by atoms with Crippen molar-refractivity contribution in [3.8, 4) is 11.5 Å². The topological polar surface area (TPSA) is 59.2 Å². The first-order valence-electron chi connectivity index (χ1n) is 9.61. The van der Waals surface area contributed by atoms with E-state index >= 15 is 0 Å². The molecule has 3 aromatic rings. The van der Waals surface area contributed by atoms with Crippen LogP contribution in [0.15, 0.2) is 64.2 Å². The maximum Gasteiger partial charge on any atom is 0.277 e. The monoisotopic (exact) mass is 393 g/mol. The van der Waals surface area contributed by atoms with Gasteiger partial charge in [-0.05, 0) is 55.6 Å². The first-order valence-corrected chi connectivity index (χ1v) is 10.5. The number of likely N-dealkylation sites (tertiary alicyclic amines) is 1. The Balaban J connectivity index is 1.57. The van der Waals surface area contributed by atoms with Gasteiger partial charge in [-0.15, -0.1) is 10.2 Å². The summed E-state index contributed by atoms with van der Waals surface area (Å²) in [6.07, 6.45) is 3.32. The molecule has 0 spiro atoms. The Morgan fingerprint density at radius 2 is 1.71 bits per heavy atom. The SMILES string of the molecule is Cc1ccc(-c2nnc(S[C@H](C(=O)N3CCCCC3)c3ccccc3)o2)cc1. The van der Waals surface area contributed by atoms with Crippen molar-refractivity contribution in [1.82, 2.24) is 15.1 Å².